The number of esters is 1. The normalized spacial score (nSPS) is 10.3. The van der Waals surface area contributed by atoms with E-state index in [1.807, 2.05) is 19.2 Å². The molecule has 0 unspecified atom stereocenters. The summed E-state index contributed by atoms with van der Waals surface area (Å²) in [6, 6.07) is 1.76. The van der Waals surface area contributed by atoms with Crippen LogP contribution in [0.2, 0.25) is 0 Å². The van der Waals surface area contributed by atoms with Crippen molar-refractivity contribution in [3.05, 3.63) is 20.8 Å². The van der Waals surface area contributed by atoms with Crippen molar-refractivity contribution in [1.29, 1.82) is 0 Å². The van der Waals surface area contributed by atoms with Gasteiger partial charge in [0.1, 0.15) is 4.88 Å². The molecule has 66 valence electrons. The standard InChI is InChI=1S/C8H9BrO2S/c1-5(2)11-8(10)7-3-6(9)4-12-7/h3-5H,1-2H3. The summed E-state index contributed by atoms with van der Waals surface area (Å²) >= 11 is 4.65. The number of rotatable bonds is 2. The summed E-state index contributed by atoms with van der Waals surface area (Å²) in [6.07, 6.45) is -0.0571. The maximum absolute atomic E-state index is 11.2. The second-order valence-electron chi connectivity index (χ2n) is 2.58. The third kappa shape index (κ3) is 2.60. The van der Waals surface area contributed by atoms with Crippen molar-refractivity contribution in [1.82, 2.24) is 0 Å². The van der Waals surface area contributed by atoms with Crippen molar-refractivity contribution in [2.45, 2.75) is 20.0 Å². The van der Waals surface area contributed by atoms with Gasteiger partial charge in [-0.3, -0.25) is 0 Å². The van der Waals surface area contributed by atoms with E-state index in [-0.39, 0.29) is 12.1 Å². The summed E-state index contributed by atoms with van der Waals surface area (Å²) in [6.45, 7) is 3.67. The Morgan fingerprint density at radius 2 is 2.33 bits per heavy atom. The van der Waals surface area contributed by atoms with E-state index in [1.165, 1.54) is 11.3 Å². The molecular weight excluding hydrogens is 240 g/mol. The van der Waals surface area contributed by atoms with E-state index in [0.29, 0.717) is 4.88 Å². The molecule has 1 aromatic rings. The molecule has 1 rings (SSSR count). The highest BCUT2D eigenvalue weighted by Gasteiger charge is 2.10. The molecule has 0 saturated carbocycles. The smallest absolute Gasteiger partial charge is 0.348 e. The van der Waals surface area contributed by atoms with Crippen LogP contribution in [0.3, 0.4) is 0 Å². The first-order chi connectivity index (χ1) is 5.59. The van der Waals surface area contributed by atoms with Crippen molar-refractivity contribution in [3.8, 4) is 0 Å². The van der Waals surface area contributed by atoms with Gasteiger partial charge in [-0.05, 0) is 35.8 Å². The van der Waals surface area contributed by atoms with Gasteiger partial charge in [0.15, 0.2) is 0 Å². The van der Waals surface area contributed by atoms with E-state index < -0.39 is 0 Å². The van der Waals surface area contributed by atoms with Gasteiger partial charge in [0.05, 0.1) is 6.10 Å². The molecule has 12 heavy (non-hydrogen) atoms. The second-order valence-corrected chi connectivity index (χ2v) is 4.41. The van der Waals surface area contributed by atoms with Gasteiger partial charge in [-0.15, -0.1) is 11.3 Å². The van der Waals surface area contributed by atoms with Crippen LogP contribution in [0.4, 0.5) is 0 Å². The van der Waals surface area contributed by atoms with E-state index in [1.54, 1.807) is 6.07 Å². The number of ether oxygens (including phenoxy) is 1. The summed E-state index contributed by atoms with van der Waals surface area (Å²) in [5, 5.41) is 1.86. The predicted octanol–water partition coefficient (Wildman–Crippen LogP) is 3.08. The van der Waals surface area contributed by atoms with Crippen LogP contribution in [-0.2, 0) is 4.74 Å². The third-order valence-corrected chi connectivity index (χ3v) is 2.78. The van der Waals surface area contributed by atoms with Crippen LogP contribution in [0.1, 0.15) is 23.5 Å². The average Bonchev–Trinajstić information content (AvgIpc) is 2.34. The molecular formula is C8H9BrO2S. The Labute approximate surface area is 83.7 Å². The molecule has 0 aliphatic carbocycles. The first-order valence-corrected chi connectivity index (χ1v) is 5.22. The van der Waals surface area contributed by atoms with Crippen molar-refractivity contribution in [2.24, 2.45) is 0 Å². The zero-order chi connectivity index (χ0) is 9.14. The van der Waals surface area contributed by atoms with Crippen molar-refractivity contribution in [2.75, 3.05) is 0 Å². The van der Waals surface area contributed by atoms with E-state index >= 15 is 0 Å². The monoisotopic (exact) mass is 248 g/mol. The van der Waals surface area contributed by atoms with Crippen LogP contribution in [-0.4, -0.2) is 12.1 Å². The van der Waals surface area contributed by atoms with Crippen molar-refractivity contribution >= 4 is 33.2 Å². The molecule has 0 amide bonds. The Balaban J connectivity index is 2.65. The SMILES string of the molecule is CC(C)OC(=O)c1cc(Br)cs1. The Hall–Kier alpha value is -0.350. The highest BCUT2D eigenvalue weighted by molar-refractivity contribution is 9.10. The fourth-order valence-corrected chi connectivity index (χ4v) is 2.00. The molecule has 2 nitrogen and oxygen atoms in total. The van der Waals surface area contributed by atoms with E-state index in [4.69, 9.17) is 4.74 Å². The van der Waals surface area contributed by atoms with Gasteiger partial charge in [-0.25, -0.2) is 4.79 Å². The highest BCUT2D eigenvalue weighted by atomic mass is 79.9. The van der Waals surface area contributed by atoms with Gasteiger partial charge in [0, 0.05) is 9.85 Å². The zero-order valence-electron chi connectivity index (χ0n) is 6.83. The molecule has 1 aromatic heterocycles. The number of carbonyl (C=O) groups excluding carboxylic acids is 1. The number of halogens is 1. The number of hydrogen-bond donors (Lipinski definition) is 0. The summed E-state index contributed by atoms with van der Waals surface area (Å²) < 4.78 is 5.92. The first kappa shape index (κ1) is 9.74. The molecule has 0 spiro atoms. The van der Waals surface area contributed by atoms with Crippen LogP contribution in [0.25, 0.3) is 0 Å². The second kappa shape index (κ2) is 4.05. The van der Waals surface area contributed by atoms with Crippen LogP contribution >= 0.6 is 27.3 Å². The Kier molecular flexibility index (Phi) is 3.29. The molecule has 0 atom stereocenters. The van der Waals surface area contributed by atoms with Gasteiger partial charge >= 0.3 is 5.97 Å². The predicted molar refractivity (Wildman–Crippen MR) is 52.6 cm³/mol. The molecule has 0 radical (unpaired) electrons. The maximum Gasteiger partial charge on any atom is 0.348 e. The quantitative estimate of drug-likeness (QED) is 0.753. The topological polar surface area (TPSA) is 26.3 Å². The van der Waals surface area contributed by atoms with Gasteiger partial charge in [-0.1, -0.05) is 0 Å². The highest BCUT2D eigenvalue weighted by Crippen LogP contribution is 2.20. The minimum Gasteiger partial charge on any atom is -0.459 e. The molecule has 1 heterocycles. The lowest BCUT2D eigenvalue weighted by Crippen LogP contribution is -2.09. The number of hydrogen-bond acceptors (Lipinski definition) is 3. The molecule has 0 aliphatic heterocycles. The fraction of sp³-hybridized carbons (Fsp3) is 0.375. The largest absolute Gasteiger partial charge is 0.459 e. The van der Waals surface area contributed by atoms with Crippen LogP contribution < -0.4 is 0 Å². The Morgan fingerprint density at radius 1 is 1.67 bits per heavy atom. The minimum atomic E-state index is -0.249. The van der Waals surface area contributed by atoms with E-state index in [2.05, 4.69) is 15.9 Å². The third-order valence-electron chi connectivity index (χ3n) is 1.11. The molecule has 4 heteroatoms. The molecule has 0 saturated heterocycles. The van der Waals surface area contributed by atoms with Gasteiger partial charge in [-0.2, -0.15) is 0 Å². The molecule has 0 fully saturated rings. The van der Waals surface area contributed by atoms with Gasteiger partial charge < -0.3 is 4.74 Å². The summed E-state index contributed by atoms with van der Waals surface area (Å²) in [5.41, 5.74) is 0. The van der Waals surface area contributed by atoms with Crippen LogP contribution in [0, 0.1) is 0 Å². The van der Waals surface area contributed by atoms with E-state index in [0.717, 1.165) is 4.47 Å². The lowest BCUT2D eigenvalue weighted by atomic mass is 10.4. The molecule has 0 aromatic carbocycles. The molecule has 0 N–H and O–H groups in total. The lowest BCUT2D eigenvalue weighted by molar-refractivity contribution is 0.0384. The number of thiophene rings is 1. The minimum absolute atomic E-state index is 0.0571. The van der Waals surface area contributed by atoms with E-state index in [9.17, 15) is 4.79 Å². The van der Waals surface area contributed by atoms with Crippen LogP contribution in [0.15, 0.2) is 15.9 Å². The van der Waals surface area contributed by atoms with Gasteiger partial charge in [0.2, 0.25) is 0 Å². The lowest BCUT2D eigenvalue weighted by Gasteiger charge is -2.04. The summed E-state index contributed by atoms with van der Waals surface area (Å²) in [5.74, 6) is -0.249. The maximum atomic E-state index is 11.2. The molecule has 0 aliphatic rings. The van der Waals surface area contributed by atoms with Crippen molar-refractivity contribution in [3.63, 3.8) is 0 Å². The first-order valence-electron chi connectivity index (χ1n) is 3.54. The summed E-state index contributed by atoms with van der Waals surface area (Å²) in [7, 11) is 0. The Bertz CT molecular complexity index is 280. The Morgan fingerprint density at radius 3 is 2.75 bits per heavy atom. The van der Waals surface area contributed by atoms with Gasteiger partial charge in [0.25, 0.3) is 0 Å². The molecule has 0 bridgehead atoms. The summed E-state index contributed by atoms with van der Waals surface area (Å²) in [4.78, 5) is 11.9. The number of carbonyl (C=O) groups is 1. The zero-order valence-corrected chi connectivity index (χ0v) is 9.24. The average molecular weight is 249 g/mol. The van der Waals surface area contributed by atoms with Crippen molar-refractivity contribution < 1.29 is 9.53 Å². The van der Waals surface area contributed by atoms with Crippen LogP contribution in [0.5, 0.6) is 0 Å². The fourth-order valence-electron chi connectivity index (χ4n) is 0.692.